The number of nitrogens with zero attached hydrogens (tertiary/aromatic N) is 1. The van der Waals surface area contributed by atoms with Gasteiger partial charge in [-0.2, -0.15) is 0 Å². The highest BCUT2D eigenvalue weighted by atomic mass is 19.1. The van der Waals surface area contributed by atoms with Crippen molar-refractivity contribution in [3.8, 4) is 0 Å². The Kier molecular flexibility index (Phi) is 5.64. The minimum absolute atomic E-state index is 0.140. The first-order chi connectivity index (χ1) is 11.3. The molecular formula is C17H24FN3O3. The van der Waals surface area contributed by atoms with Crippen molar-refractivity contribution in [3.63, 3.8) is 0 Å². The highest BCUT2D eigenvalue weighted by Crippen LogP contribution is 2.25. The Morgan fingerprint density at radius 1 is 1.29 bits per heavy atom. The lowest BCUT2D eigenvalue weighted by molar-refractivity contribution is -0.105. The molecule has 0 radical (unpaired) electrons. The molecule has 1 fully saturated rings. The molecule has 1 aromatic rings. The number of benzene rings is 1. The first kappa shape index (κ1) is 18.0. The molecule has 1 heterocycles. The van der Waals surface area contributed by atoms with E-state index in [4.69, 9.17) is 4.74 Å². The highest BCUT2D eigenvalue weighted by molar-refractivity contribution is 5.80. The average Bonchev–Trinajstić information content (AvgIpc) is 2.49. The fraction of sp³-hybridized carbons (Fsp3) is 0.529. The average molecular weight is 337 g/mol. The number of likely N-dealkylation sites (tertiary alicyclic amines) is 1. The molecule has 0 saturated carbocycles. The highest BCUT2D eigenvalue weighted by Gasteiger charge is 2.27. The predicted molar refractivity (Wildman–Crippen MR) is 90.5 cm³/mol. The van der Waals surface area contributed by atoms with Gasteiger partial charge in [0.1, 0.15) is 11.4 Å². The molecule has 1 aromatic carbocycles. The van der Waals surface area contributed by atoms with Crippen molar-refractivity contribution in [1.29, 1.82) is 0 Å². The molecule has 2 N–H and O–H groups in total. The van der Waals surface area contributed by atoms with Crippen molar-refractivity contribution < 1.29 is 18.7 Å². The van der Waals surface area contributed by atoms with Crippen LogP contribution in [0.2, 0.25) is 0 Å². The second-order valence-electron chi connectivity index (χ2n) is 6.84. The molecule has 0 unspecified atom stereocenters. The number of piperidine rings is 1. The molecule has 6 nitrogen and oxygen atoms in total. The van der Waals surface area contributed by atoms with Gasteiger partial charge in [0.2, 0.25) is 6.41 Å². The van der Waals surface area contributed by atoms with E-state index in [2.05, 4.69) is 10.6 Å². The quantitative estimate of drug-likeness (QED) is 0.828. The zero-order chi connectivity index (χ0) is 17.7. The molecule has 0 bridgehead atoms. The summed E-state index contributed by atoms with van der Waals surface area (Å²) >= 11 is 0. The van der Waals surface area contributed by atoms with Crippen LogP contribution in [0.15, 0.2) is 18.2 Å². The summed E-state index contributed by atoms with van der Waals surface area (Å²) in [5, 5.41) is 5.79. The zero-order valence-electron chi connectivity index (χ0n) is 14.3. The topological polar surface area (TPSA) is 70.7 Å². The summed E-state index contributed by atoms with van der Waals surface area (Å²) in [6, 6.07) is 4.35. The van der Waals surface area contributed by atoms with Crippen molar-refractivity contribution >= 4 is 23.9 Å². The van der Waals surface area contributed by atoms with Crippen LogP contribution in [0.25, 0.3) is 0 Å². The van der Waals surface area contributed by atoms with Crippen LogP contribution in [0.5, 0.6) is 0 Å². The summed E-state index contributed by atoms with van der Waals surface area (Å²) < 4.78 is 18.7. The number of rotatable bonds is 4. The molecule has 0 aromatic heterocycles. The van der Waals surface area contributed by atoms with Gasteiger partial charge in [-0.15, -0.1) is 0 Å². The number of halogens is 1. The lowest BCUT2D eigenvalue weighted by Crippen LogP contribution is -2.44. The Morgan fingerprint density at radius 2 is 1.96 bits per heavy atom. The third kappa shape index (κ3) is 5.11. The van der Waals surface area contributed by atoms with E-state index in [1.54, 1.807) is 11.0 Å². The molecule has 0 atom stereocenters. The van der Waals surface area contributed by atoms with Crippen LogP contribution in [-0.4, -0.2) is 42.1 Å². The molecule has 0 spiro atoms. The van der Waals surface area contributed by atoms with Crippen molar-refractivity contribution in [2.45, 2.75) is 45.3 Å². The molecule has 2 amide bonds. The van der Waals surface area contributed by atoms with Gasteiger partial charge in [0.15, 0.2) is 0 Å². The monoisotopic (exact) mass is 337 g/mol. The van der Waals surface area contributed by atoms with Gasteiger partial charge < -0.3 is 20.3 Å². The molecule has 2 rings (SSSR count). The van der Waals surface area contributed by atoms with Crippen molar-refractivity contribution in [2.75, 3.05) is 23.7 Å². The van der Waals surface area contributed by atoms with Crippen LogP contribution < -0.4 is 10.6 Å². The minimum Gasteiger partial charge on any atom is -0.444 e. The molecule has 1 aliphatic rings. The van der Waals surface area contributed by atoms with E-state index >= 15 is 0 Å². The van der Waals surface area contributed by atoms with Gasteiger partial charge in [0, 0.05) is 19.1 Å². The minimum atomic E-state index is -0.504. The Morgan fingerprint density at radius 3 is 2.54 bits per heavy atom. The van der Waals surface area contributed by atoms with Gasteiger partial charge in [0.25, 0.3) is 0 Å². The van der Waals surface area contributed by atoms with Gasteiger partial charge in [-0.25, -0.2) is 9.18 Å². The lowest BCUT2D eigenvalue weighted by Gasteiger charge is -2.34. The van der Waals surface area contributed by atoms with Crippen LogP contribution in [-0.2, 0) is 9.53 Å². The Balaban J connectivity index is 1.92. The number of amides is 2. The van der Waals surface area contributed by atoms with Gasteiger partial charge >= 0.3 is 6.09 Å². The van der Waals surface area contributed by atoms with Crippen molar-refractivity contribution in [1.82, 2.24) is 4.90 Å². The maximum atomic E-state index is 13.3. The summed E-state index contributed by atoms with van der Waals surface area (Å²) in [7, 11) is 0. The number of anilines is 2. The fourth-order valence-electron chi connectivity index (χ4n) is 2.58. The lowest BCUT2D eigenvalue weighted by atomic mass is 10.0. The standard InChI is InChI=1S/C17H24FN3O3/c1-17(2,3)24-16(23)21-8-6-13(7-9-21)20-14-5-4-12(18)10-15(14)19-11-22/h4-5,10-11,13,20H,6-9H2,1-3H3,(H,19,22). The van der Waals surface area contributed by atoms with E-state index in [1.165, 1.54) is 12.1 Å². The van der Waals surface area contributed by atoms with Gasteiger partial charge in [-0.05, 0) is 51.8 Å². The number of hydrogen-bond acceptors (Lipinski definition) is 4. The molecule has 24 heavy (non-hydrogen) atoms. The molecule has 0 aliphatic carbocycles. The van der Waals surface area contributed by atoms with Crippen LogP contribution >= 0.6 is 0 Å². The Labute approximate surface area is 141 Å². The van der Waals surface area contributed by atoms with Crippen LogP contribution in [0.4, 0.5) is 20.6 Å². The first-order valence-corrected chi connectivity index (χ1v) is 8.02. The van der Waals surface area contributed by atoms with Gasteiger partial charge in [-0.3, -0.25) is 4.79 Å². The summed E-state index contributed by atoms with van der Waals surface area (Å²) in [6.07, 6.45) is 1.71. The number of carbonyl (C=O) groups is 2. The molecule has 7 heteroatoms. The second-order valence-corrected chi connectivity index (χ2v) is 6.84. The summed E-state index contributed by atoms with van der Waals surface area (Å²) in [4.78, 5) is 24.4. The first-order valence-electron chi connectivity index (χ1n) is 8.02. The molecule has 132 valence electrons. The normalized spacial score (nSPS) is 15.8. The Hall–Kier alpha value is -2.31. The van der Waals surface area contributed by atoms with E-state index in [1.807, 2.05) is 20.8 Å². The van der Waals surface area contributed by atoms with E-state index in [0.29, 0.717) is 30.9 Å². The largest absolute Gasteiger partial charge is 0.444 e. The van der Waals surface area contributed by atoms with E-state index in [0.717, 1.165) is 12.8 Å². The SMILES string of the molecule is CC(C)(C)OC(=O)N1CCC(Nc2ccc(F)cc2NC=O)CC1. The van der Waals surface area contributed by atoms with Crippen molar-refractivity contribution in [2.24, 2.45) is 0 Å². The molecular weight excluding hydrogens is 313 g/mol. The van der Waals surface area contributed by atoms with E-state index in [-0.39, 0.29) is 12.1 Å². The number of nitrogens with one attached hydrogen (secondary N) is 2. The number of carbonyl (C=O) groups excluding carboxylic acids is 2. The summed E-state index contributed by atoms with van der Waals surface area (Å²) in [5.74, 6) is -0.412. The molecule has 1 aliphatic heterocycles. The third-order valence-corrected chi connectivity index (χ3v) is 3.70. The third-order valence-electron chi connectivity index (χ3n) is 3.70. The summed E-state index contributed by atoms with van der Waals surface area (Å²) in [5.41, 5.74) is 0.564. The summed E-state index contributed by atoms with van der Waals surface area (Å²) in [6.45, 7) is 6.70. The maximum Gasteiger partial charge on any atom is 0.410 e. The van der Waals surface area contributed by atoms with Crippen molar-refractivity contribution in [3.05, 3.63) is 24.0 Å². The smallest absolute Gasteiger partial charge is 0.410 e. The fourth-order valence-corrected chi connectivity index (χ4v) is 2.58. The maximum absolute atomic E-state index is 13.3. The predicted octanol–water partition coefficient (Wildman–Crippen LogP) is 3.21. The Bertz CT molecular complexity index is 593. The zero-order valence-corrected chi connectivity index (χ0v) is 14.3. The van der Waals surface area contributed by atoms with Crippen LogP contribution in [0.1, 0.15) is 33.6 Å². The van der Waals surface area contributed by atoms with Gasteiger partial charge in [0.05, 0.1) is 11.4 Å². The van der Waals surface area contributed by atoms with E-state index < -0.39 is 11.4 Å². The van der Waals surface area contributed by atoms with E-state index in [9.17, 15) is 14.0 Å². The number of ether oxygens (including phenoxy) is 1. The molecule has 1 saturated heterocycles. The van der Waals surface area contributed by atoms with Crippen LogP contribution in [0, 0.1) is 5.82 Å². The number of hydrogen-bond donors (Lipinski definition) is 2. The van der Waals surface area contributed by atoms with Gasteiger partial charge in [-0.1, -0.05) is 0 Å². The second kappa shape index (κ2) is 7.51. The van der Waals surface area contributed by atoms with Crippen LogP contribution in [0.3, 0.4) is 0 Å².